The lowest BCUT2D eigenvalue weighted by Crippen LogP contribution is -2.19. The van der Waals surface area contributed by atoms with E-state index >= 15 is 0 Å². The fourth-order valence-electron chi connectivity index (χ4n) is 1.64. The molecular weight excluding hydrogens is 276 g/mol. The Balaban J connectivity index is 2.16. The summed E-state index contributed by atoms with van der Waals surface area (Å²) in [6, 6.07) is 4.65. The number of halogens is 1. The van der Waals surface area contributed by atoms with Crippen LogP contribution in [-0.4, -0.2) is 24.1 Å². The van der Waals surface area contributed by atoms with Gasteiger partial charge in [-0.05, 0) is 19.0 Å². The third-order valence-electron chi connectivity index (χ3n) is 2.38. The average molecular weight is 287 g/mol. The fraction of sp³-hybridized carbons (Fsp3) is 0.400. The summed E-state index contributed by atoms with van der Waals surface area (Å²) >= 11 is 3.23. The van der Waals surface area contributed by atoms with E-state index in [9.17, 15) is 10.1 Å². The lowest BCUT2D eigenvalue weighted by atomic mass is 10.3. The molecule has 0 amide bonds. The van der Waals surface area contributed by atoms with Gasteiger partial charge in [0.05, 0.1) is 11.0 Å². The van der Waals surface area contributed by atoms with Gasteiger partial charge in [0.15, 0.2) is 0 Å². The van der Waals surface area contributed by atoms with Gasteiger partial charge in [-0.25, -0.2) is 0 Å². The molecule has 1 atom stereocenters. The molecular formula is C10H11BrN2O3. The number of nitrogens with zero attached hydrogens (tertiary/aromatic N) is 1. The van der Waals surface area contributed by atoms with E-state index in [0.29, 0.717) is 10.2 Å². The molecule has 1 N–H and O–H groups in total. The molecule has 0 spiro atoms. The van der Waals surface area contributed by atoms with E-state index in [0.717, 1.165) is 19.5 Å². The van der Waals surface area contributed by atoms with Crippen LogP contribution in [0.15, 0.2) is 22.7 Å². The maximum Gasteiger partial charge on any atom is 0.274 e. The van der Waals surface area contributed by atoms with Crippen molar-refractivity contribution in [2.24, 2.45) is 0 Å². The Bertz CT molecular complexity index is 405. The number of nitro groups is 1. The van der Waals surface area contributed by atoms with Crippen LogP contribution in [0.5, 0.6) is 5.75 Å². The summed E-state index contributed by atoms with van der Waals surface area (Å²) in [5, 5.41) is 13.8. The molecule has 1 aromatic carbocycles. The predicted octanol–water partition coefficient (Wildman–Crippen LogP) is 2.10. The van der Waals surface area contributed by atoms with Gasteiger partial charge in [-0.2, -0.15) is 0 Å². The molecule has 1 saturated heterocycles. The van der Waals surface area contributed by atoms with Gasteiger partial charge >= 0.3 is 0 Å². The lowest BCUT2D eigenvalue weighted by Gasteiger charge is -2.12. The standard InChI is InChI=1S/C10H11BrN2O3/c11-7-3-8(13(14)15)5-10(4-7)16-9-1-2-12-6-9/h3-5,9,12H,1-2,6H2/t9-/m0/s1. The molecule has 1 aromatic rings. The molecule has 0 aliphatic carbocycles. The van der Waals surface area contributed by atoms with E-state index in [4.69, 9.17) is 4.74 Å². The summed E-state index contributed by atoms with van der Waals surface area (Å²) in [5.74, 6) is 0.537. The van der Waals surface area contributed by atoms with Crippen LogP contribution in [0.1, 0.15) is 6.42 Å². The smallest absolute Gasteiger partial charge is 0.274 e. The number of hydrogen-bond donors (Lipinski definition) is 1. The Kier molecular flexibility index (Phi) is 3.40. The maximum absolute atomic E-state index is 10.7. The summed E-state index contributed by atoms with van der Waals surface area (Å²) in [7, 11) is 0. The van der Waals surface area contributed by atoms with Gasteiger partial charge in [0, 0.05) is 17.1 Å². The maximum atomic E-state index is 10.7. The average Bonchev–Trinajstić information content (AvgIpc) is 2.69. The van der Waals surface area contributed by atoms with Crippen molar-refractivity contribution >= 4 is 21.6 Å². The van der Waals surface area contributed by atoms with Crippen molar-refractivity contribution in [1.29, 1.82) is 0 Å². The Morgan fingerprint density at radius 3 is 2.94 bits per heavy atom. The first kappa shape index (κ1) is 11.3. The summed E-state index contributed by atoms with van der Waals surface area (Å²) in [6.07, 6.45) is 1.04. The summed E-state index contributed by atoms with van der Waals surface area (Å²) in [5.41, 5.74) is 0.0373. The monoisotopic (exact) mass is 286 g/mol. The minimum atomic E-state index is -0.426. The second kappa shape index (κ2) is 4.80. The van der Waals surface area contributed by atoms with Crippen LogP contribution in [0.25, 0.3) is 0 Å². The van der Waals surface area contributed by atoms with Crippen LogP contribution < -0.4 is 10.1 Å². The highest BCUT2D eigenvalue weighted by atomic mass is 79.9. The Hall–Kier alpha value is -1.14. The molecule has 5 nitrogen and oxygen atoms in total. The zero-order valence-corrected chi connectivity index (χ0v) is 10.1. The van der Waals surface area contributed by atoms with Crippen molar-refractivity contribution in [1.82, 2.24) is 5.32 Å². The molecule has 6 heteroatoms. The highest BCUT2D eigenvalue weighted by Crippen LogP contribution is 2.27. The molecule has 2 rings (SSSR count). The van der Waals surface area contributed by atoms with Crippen molar-refractivity contribution in [2.45, 2.75) is 12.5 Å². The van der Waals surface area contributed by atoms with E-state index in [1.54, 1.807) is 6.07 Å². The van der Waals surface area contributed by atoms with Crippen molar-refractivity contribution in [3.63, 3.8) is 0 Å². The highest BCUT2D eigenvalue weighted by molar-refractivity contribution is 9.10. The van der Waals surface area contributed by atoms with E-state index in [-0.39, 0.29) is 11.8 Å². The number of ether oxygens (including phenoxy) is 1. The molecule has 16 heavy (non-hydrogen) atoms. The number of non-ortho nitro benzene ring substituents is 1. The Morgan fingerprint density at radius 1 is 1.50 bits per heavy atom. The van der Waals surface area contributed by atoms with Crippen LogP contribution in [0.4, 0.5) is 5.69 Å². The molecule has 1 aliphatic heterocycles. The van der Waals surface area contributed by atoms with E-state index in [1.807, 2.05) is 0 Å². The molecule has 0 aromatic heterocycles. The summed E-state index contributed by atoms with van der Waals surface area (Å²) in [4.78, 5) is 10.2. The van der Waals surface area contributed by atoms with Crippen LogP contribution in [0.2, 0.25) is 0 Å². The summed E-state index contributed by atoms with van der Waals surface area (Å²) < 4.78 is 6.31. The molecule has 86 valence electrons. The zero-order chi connectivity index (χ0) is 11.5. The zero-order valence-electron chi connectivity index (χ0n) is 8.48. The molecule has 1 aliphatic rings. The lowest BCUT2D eigenvalue weighted by molar-refractivity contribution is -0.385. The quantitative estimate of drug-likeness (QED) is 0.683. The SMILES string of the molecule is O=[N+]([O-])c1cc(Br)cc(O[C@H]2CCNC2)c1. The number of hydrogen-bond acceptors (Lipinski definition) is 4. The first-order valence-electron chi connectivity index (χ1n) is 4.97. The molecule has 0 saturated carbocycles. The predicted molar refractivity (Wildman–Crippen MR) is 62.7 cm³/mol. The largest absolute Gasteiger partial charge is 0.489 e. The van der Waals surface area contributed by atoms with Gasteiger partial charge in [-0.3, -0.25) is 10.1 Å². The Labute approximate surface area is 101 Å². The molecule has 1 fully saturated rings. The van der Waals surface area contributed by atoms with Crippen LogP contribution in [0.3, 0.4) is 0 Å². The topological polar surface area (TPSA) is 64.4 Å². The van der Waals surface area contributed by atoms with Gasteiger partial charge in [-0.15, -0.1) is 0 Å². The van der Waals surface area contributed by atoms with Crippen molar-refractivity contribution in [2.75, 3.05) is 13.1 Å². The summed E-state index contributed by atoms with van der Waals surface area (Å²) in [6.45, 7) is 1.72. The minimum absolute atomic E-state index is 0.0373. The number of benzene rings is 1. The first-order valence-corrected chi connectivity index (χ1v) is 5.77. The fourth-order valence-corrected chi connectivity index (χ4v) is 2.10. The third kappa shape index (κ3) is 2.70. The van der Waals surface area contributed by atoms with Gasteiger partial charge in [-0.1, -0.05) is 15.9 Å². The van der Waals surface area contributed by atoms with Crippen LogP contribution in [-0.2, 0) is 0 Å². The number of rotatable bonds is 3. The second-order valence-electron chi connectivity index (χ2n) is 3.63. The van der Waals surface area contributed by atoms with Crippen molar-refractivity contribution < 1.29 is 9.66 Å². The van der Waals surface area contributed by atoms with Gasteiger partial charge in [0.25, 0.3) is 5.69 Å². The van der Waals surface area contributed by atoms with Crippen LogP contribution in [0, 0.1) is 10.1 Å². The van der Waals surface area contributed by atoms with E-state index < -0.39 is 4.92 Å². The normalized spacial score (nSPS) is 19.7. The Morgan fingerprint density at radius 2 is 2.31 bits per heavy atom. The second-order valence-corrected chi connectivity index (χ2v) is 4.55. The third-order valence-corrected chi connectivity index (χ3v) is 2.84. The van der Waals surface area contributed by atoms with Crippen molar-refractivity contribution in [3.05, 3.63) is 32.8 Å². The first-order chi connectivity index (χ1) is 7.65. The van der Waals surface area contributed by atoms with Gasteiger partial charge in [0.1, 0.15) is 11.9 Å². The van der Waals surface area contributed by atoms with E-state index in [2.05, 4.69) is 21.2 Å². The molecule has 1 heterocycles. The van der Waals surface area contributed by atoms with Crippen LogP contribution >= 0.6 is 15.9 Å². The minimum Gasteiger partial charge on any atom is -0.489 e. The van der Waals surface area contributed by atoms with Gasteiger partial charge in [0.2, 0.25) is 0 Å². The van der Waals surface area contributed by atoms with Gasteiger partial charge < -0.3 is 10.1 Å². The molecule has 0 radical (unpaired) electrons. The highest BCUT2D eigenvalue weighted by Gasteiger charge is 2.17. The number of nitro benzene ring substituents is 1. The van der Waals surface area contributed by atoms with E-state index in [1.165, 1.54) is 12.1 Å². The molecule has 0 bridgehead atoms. The molecule has 0 unspecified atom stereocenters. The van der Waals surface area contributed by atoms with Crippen molar-refractivity contribution in [3.8, 4) is 5.75 Å². The number of nitrogens with one attached hydrogen (secondary N) is 1.